The molecule has 27 heavy (non-hydrogen) atoms. The summed E-state index contributed by atoms with van der Waals surface area (Å²) >= 11 is 0. The van der Waals surface area contributed by atoms with Gasteiger partial charge in [-0.2, -0.15) is 0 Å². The Hall–Kier alpha value is -1.85. The van der Waals surface area contributed by atoms with Gasteiger partial charge in [-0.05, 0) is 38.0 Å². The zero-order valence-electron chi connectivity index (χ0n) is 16.5. The molecule has 2 fully saturated rings. The highest BCUT2D eigenvalue weighted by Gasteiger charge is 2.24. The van der Waals surface area contributed by atoms with Crippen LogP contribution in [-0.4, -0.2) is 35.0 Å². The lowest BCUT2D eigenvalue weighted by atomic mass is 9.89. The zero-order chi connectivity index (χ0) is 19.1. The first-order valence-corrected chi connectivity index (χ1v) is 10.6. The third kappa shape index (κ3) is 6.36. The number of aryl methyl sites for hydroxylation is 1. The van der Waals surface area contributed by atoms with Crippen molar-refractivity contribution in [2.24, 2.45) is 11.8 Å². The summed E-state index contributed by atoms with van der Waals surface area (Å²) in [5.41, 5.74) is 0. The molecular weight excluding hydrogens is 342 g/mol. The summed E-state index contributed by atoms with van der Waals surface area (Å²) in [5.74, 6) is 2.20. The summed E-state index contributed by atoms with van der Waals surface area (Å²) in [7, 11) is 0. The number of anilines is 1. The number of nitrogens with zero attached hydrogens (tertiary/aromatic N) is 2. The molecule has 1 aromatic heterocycles. The minimum atomic E-state index is -0.201. The van der Waals surface area contributed by atoms with Crippen LogP contribution in [0, 0.1) is 18.8 Å². The Kier molecular flexibility index (Phi) is 7.30. The second-order valence-corrected chi connectivity index (χ2v) is 8.34. The average Bonchev–Trinajstić information content (AvgIpc) is 3.31. The molecule has 1 aromatic rings. The topological polar surface area (TPSA) is 75.4 Å². The summed E-state index contributed by atoms with van der Waals surface area (Å²) in [6, 6.07) is 1.69. The molecule has 6 heteroatoms. The smallest absolute Gasteiger partial charge is 0.245 e. The van der Waals surface area contributed by atoms with E-state index < -0.39 is 0 Å². The SMILES string of the molecule is Cc1cc(NC(=O)CN(CC2CCCCC2)C(=O)CCC2CCCC2)no1. The molecule has 0 spiro atoms. The molecule has 0 atom stereocenters. The summed E-state index contributed by atoms with van der Waals surface area (Å²) in [4.78, 5) is 27.1. The van der Waals surface area contributed by atoms with Crippen LogP contribution in [0.3, 0.4) is 0 Å². The van der Waals surface area contributed by atoms with Gasteiger partial charge in [0.05, 0.1) is 6.54 Å². The summed E-state index contributed by atoms with van der Waals surface area (Å²) in [6.45, 7) is 2.59. The Morgan fingerprint density at radius 2 is 1.78 bits per heavy atom. The number of rotatable bonds is 8. The highest BCUT2D eigenvalue weighted by molar-refractivity contribution is 5.93. The maximum Gasteiger partial charge on any atom is 0.245 e. The van der Waals surface area contributed by atoms with Crippen LogP contribution in [0.15, 0.2) is 10.6 Å². The molecule has 1 N–H and O–H groups in total. The molecule has 6 nitrogen and oxygen atoms in total. The number of nitrogens with one attached hydrogen (secondary N) is 1. The van der Waals surface area contributed by atoms with E-state index in [-0.39, 0.29) is 18.4 Å². The van der Waals surface area contributed by atoms with Crippen LogP contribution in [0.2, 0.25) is 0 Å². The molecular formula is C21H33N3O3. The van der Waals surface area contributed by atoms with Gasteiger partial charge in [-0.3, -0.25) is 9.59 Å². The fraction of sp³-hybridized carbons (Fsp3) is 0.762. The van der Waals surface area contributed by atoms with E-state index in [1.54, 1.807) is 17.9 Å². The van der Waals surface area contributed by atoms with Crippen molar-refractivity contribution in [3.8, 4) is 0 Å². The van der Waals surface area contributed by atoms with E-state index in [0.717, 1.165) is 19.3 Å². The molecule has 2 saturated carbocycles. The lowest BCUT2D eigenvalue weighted by Gasteiger charge is -2.29. The van der Waals surface area contributed by atoms with Gasteiger partial charge in [0.2, 0.25) is 11.8 Å². The highest BCUT2D eigenvalue weighted by atomic mass is 16.5. The Balaban J connectivity index is 1.55. The van der Waals surface area contributed by atoms with Crippen molar-refractivity contribution in [2.45, 2.75) is 77.6 Å². The third-order valence-corrected chi connectivity index (χ3v) is 6.03. The standard InChI is InChI=1S/C21H33N3O3/c1-16-13-19(23-27-16)22-20(25)15-24(14-18-9-3-2-4-10-18)21(26)12-11-17-7-5-6-8-17/h13,17-18H,2-12,14-15H2,1H3,(H,22,23,25). The number of carbonyl (C=O) groups is 2. The maximum atomic E-state index is 12.9. The third-order valence-electron chi connectivity index (χ3n) is 6.03. The maximum absolute atomic E-state index is 12.9. The van der Waals surface area contributed by atoms with Gasteiger partial charge in [0.15, 0.2) is 5.82 Å². The van der Waals surface area contributed by atoms with Crippen molar-refractivity contribution < 1.29 is 14.1 Å². The van der Waals surface area contributed by atoms with Gasteiger partial charge in [-0.15, -0.1) is 0 Å². The van der Waals surface area contributed by atoms with E-state index in [1.807, 2.05) is 0 Å². The summed E-state index contributed by atoms with van der Waals surface area (Å²) in [5, 5.41) is 6.55. The lowest BCUT2D eigenvalue weighted by molar-refractivity contribution is -0.135. The van der Waals surface area contributed by atoms with Gasteiger partial charge in [0.1, 0.15) is 5.76 Å². The van der Waals surface area contributed by atoms with E-state index >= 15 is 0 Å². The second kappa shape index (κ2) is 9.90. The molecule has 0 unspecified atom stereocenters. The van der Waals surface area contributed by atoms with Gasteiger partial charge in [0.25, 0.3) is 0 Å². The van der Waals surface area contributed by atoms with Crippen LogP contribution >= 0.6 is 0 Å². The van der Waals surface area contributed by atoms with Gasteiger partial charge < -0.3 is 14.7 Å². The Bertz CT molecular complexity index is 616. The van der Waals surface area contributed by atoms with E-state index in [9.17, 15) is 9.59 Å². The Morgan fingerprint density at radius 1 is 1.11 bits per heavy atom. The largest absolute Gasteiger partial charge is 0.360 e. The van der Waals surface area contributed by atoms with Crippen molar-refractivity contribution >= 4 is 17.6 Å². The lowest BCUT2D eigenvalue weighted by Crippen LogP contribution is -2.41. The first kappa shape index (κ1) is 19.9. The number of carbonyl (C=O) groups excluding carboxylic acids is 2. The van der Waals surface area contributed by atoms with Crippen molar-refractivity contribution in [1.29, 1.82) is 0 Å². The van der Waals surface area contributed by atoms with Crippen LogP contribution in [0.1, 0.15) is 76.4 Å². The number of aromatic nitrogens is 1. The summed E-state index contributed by atoms with van der Waals surface area (Å²) in [6.07, 6.45) is 12.7. The first-order valence-electron chi connectivity index (χ1n) is 10.6. The molecule has 0 aliphatic heterocycles. The molecule has 1 heterocycles. The van der Waals surface area contributed by atoms with Crippen LogP contribution in [0.4, 0.5) is 5.82 Å². The summed E-state index contributed by atoms with van der Waals surface area (Å²) < 4.78 is 4.99. The van der Waals surface area contributed by atoms with Crippen molar-refractivity contribution in [3.05, 3.63) is 11.8 Å². The molecule has 3 rings (SSSR count). The van der Waals surface area contributed by atoms with Crippen LogP contribution in [-0.2, 0) is 9.59 Å². The Labute approximate surface area is 162 Å². The van der Waals surface area contributed by atoms with E-state index in [2.05, 4.69) is 10.5 Å². The predicted molar refractivity (Wildman–Crippen MR) is 104 cm³/mol. The molecule has 150 valence electrons. The van der Waals surface area contributed by atoms with Crippen molar-refractivity contribution in [3.63, 3.8) is 0 Å². The molecule has 0 radical (unpaired) electrons. The number of hydrogen-bond donors (Lipinski definition) is 1. The van der Waals surface area contributed by atoms with E-state index in [4.69, 9.17) is 4.52 Å². The van der Waals surface area contributed by atoms with Crippen molar-refractivity contribution in [1.82, 2.24) is 10.1 Å². The number of hydrogen-bond acceptors (Lipinski definition) is 4. The van der Waals surface area contributed by atoms with Gasteiger partial charge >= 0.3 is 0 Å². The minimum absolute atomic E-state index is 0.103. The Morgan fingerprint density at radius 3 is 2.44 bits per heavy atom. The van der Waals surface area contributed by atoms with Gasteiger partial charge in [-0.1, -0.05) is 50.1 Å². The van der Waals surface area contributed by atoms with E-state index in [1.165, 1.54) is 44.9 Å². The fourth-order valence-electron chi connectivity index (χ4n) is 4.50. The molecule has 2 amide bonds. The fourth-order valence-corrected chi connectivity index (χ4v) is 4.50. The molecule has 2 aliphatic rings. The predicted octanol–water partition coefficient (Wildman–Crippen LogP) is 4.30. The quantitative estimate of drug-likeness (QED) is 0.735. The number of amides is 2. The zero-order valence-corrected chi connectivity index (χ0v) is 16.5. The van der Waals surface area contributed by atoms with Crippen LogP contribution in [0.5, 0.6) is 0 Å². The second-order valence-electron chi connectivity index (χ2n) is 8.34. The first-order chi connectivity index (χ1) is 13.1. The highest BCUT2D eigenvalue weighted by Crippen LogP contribution is 2.29. The molecule has 0 aromatic carbocycles. The van der Waals surface area contributed by atoms with E-state index in [0.29, 0.717) is 36.4 Å². The average molecular weight is 376 g/mol. The molecule has 0 saturated heterocycles. The molecule has 2 aliphatic carbocycles. The van der Waals surface area contributed by atoms with Crippen LogP contribution < -0.4 is 5.32 Å². The molecule has 0 bridgehead atoms. The minimum Gasteiger partial charge on any atom is -0.360 e. The van der Waals surface area contributed by atoms with Gasteiger partial charge in [-0.25, -0.2) is 0 Å². The monoisotopic (exact) mass is 375 g/mol. The van der Waals surface area contributed by atoms with Crippen molar-refractivity contribution in [2.75, 3.05) is 18.4 Å². The van der Waals surface area contributed by atoms with Gasteiger partial charge in [0, 0.05) is 19.0 Å². The normalized spacial score (nSPS) is 18.6. The van der Waals surface area contributed by atoms with Crippen LogP contribution in [0.25, 0.3) is 0 Å².